The largest absolute Gasteiger partial charge is 0.384 e. The summed E-state index contributed by atoms with van der Waals surface area (Å²) in [5.74, 6) is 0. The highest BCUT2D eigenvalue weighted by molar-refractivity contribution is 7.89. The molecule has 138 valence electrons. The van der Waals surface area contributed by atoms with Crippen LogP contribution in [0.15, 0.2) is 29.2 Å². The molecule has 1 fully saturated rings. The molecule has 5 nitrogen and oxygen atoms in total. The standard InChI is InChI=1S/C17H28N2O3S.ClH/c1-3-4-15-5-7-16(8-6-15)23(20,21)19-13-17(14-22-2)9-11-18-12-10-17;/h5-8,18-19H,3-4,9-14H2,1-2H3;1H. The van der Waals surface area contributed by atoms with Crippen molar-refractivity contribution in [2.45, 2.75) is 37.5 Å². The average molecular weight is 377 g/mol. The predicted octanol–water partition coefficient (Wildman–Crippen LogP) is 2.36. The summed E-state index contributed by atoms with van der Waals surface area (Å²) in [6.45, 7) is 4.91. The van der Waals surface area contributed by atoms with Crippen LogP contribution in [0.4, 0.5) is 0 Å². The predicted molar refractivity (Wildman–Crippen MR) is 99.3 cm³/mol. The second-order valence-corrected chi connectivity index (χ2v) is 8.17. The Labute approximate surface area is 152 Å². The van der Waals surface area contributed by atoms with Crippen LogP contribution in [0.3, 0.4) is 0 Å². The van der Waals surface area contributed by atoms with Gasteiger partial charge in [-0.3, -0.25) is 0 Å². The Morgan fingerprint density at radius 3 is 2.38 bits per heavy atom. The van der Waals surface area contributed by atoms with E-state index >= 15 is 0 Å². The Kier molecular flexibility index (Phi) is 8.67. The van der Waals surface area contributed by atoms with Crippen molar-refractivity contribution < 1.29 is 13.2 Å². The molecule has 7 heteroatoms. The van der Waals surface area contributed by atoms with E-state index < -0.39 is 10.0 Å². The fraction of sp³-hybridized carbons (Fsp3) is 0.647. The van der Waals surface area contributed by atoms with Crippen molar-refractivity contribution in [2.75, 3.05) is 33.4 Å². The van der Waals surface area contributed by atoms with Crippen LogP contribution in [-0.2, 0) is 21.2 Å². The molecule has 2 N–H and O–H groups in total. The summed E-state index contributed by atoms with van der Waals surface area (Å²) in [7, 11) is -1.80. The zero-order chi connectivity index (χ0) is 16.8. The molecule has 0 saturated carbocycles. The third-order valence-electron chi connectivity index (χ3n) is 4.52. The molecule has 1 heterocycles. The van der Waals surface area contributed by atoms with Gasteiger partial charge in [-0.1, -0.05) is 25.5 Å². The lowest BCUT2D eigenvalue weighted by molar-refractivity contribution is 0.0577. The molecule has 0 radical (unpaired) electrons. The maximum atomic E-state index is 12.5. The molecule has 1 aliphatic heterocycles. The Morgan fingerprint density at radius 1 is 1.21 bits per heavy atom. The maximum absolute atomic E-state index is 12.5. The van der Waals surface area contributed by atoms with Gasteiger partial charge in [-0.05, 0) is 50.0 Å². The van der Waals surface area contributed by atoms with E-state index in [1.54, 1.807) is 19.2 Å². The summed E-state index contributed by atoms with van der Waals surface area (Å²) in [5.41, 5.74) is 1.05. The summed E-state index contributed by atoms with van der Waals surface area (Å²) in [4.78, 5) is 0.332. The monoisotopic (exact) mass is 376 g/mol. The fourth-order valence-corrected chi connectivity index (χ4v) is 4.25. The molecule has 0 amide bonds. The second-order valence-electron chi connectivity index (χ2n) is 6.40. The molecule has 0 atom stereocenters. The summed E-state index contributed by atoms with van der Waals surface area (Å²) in [6, 6.07) is 7.18. The molecule has 2 rings (SSSR count). The number of hydrogen-bond acceptors (Lipinski definition) is 4. The average Bonchev–Trinajstić information content (AvgIpc) is 2.55. The van der Waals surface area contributed by atoms with E-state index in [9.17, 15) is 8.42 Å². The van der Waals surface area contributed by atoms with Gasteiger partial charge >= 0.3 is 0 Å². The molecule has 24 heavy (non-hydrogen) atoms. The van der Waals surface area contributed by atoms with Crippen LogP contribution in [0.5, 0.6) is 0 Å². The van der Waals surface area contributed by atoms with Gasteiger partial charge in [-0.25, -0.2) is 13.1 Å². The first-order valence-corrected chi connectivity index (χ1v) is 9.78. The summed E-state index contributed by atoms with van der Waals surface area (Å²) < 4.78 is 33.2. The highest BCUT2D eigenvalue weighted by Crippen LogP contribution is 2.28. The van der Waals surface area contributed by atoms with Crippen molar-refractivity contribution in [3.63, 3.8) is 0 Å². The van der Waals surface area contributed by atoms with E-state index in [0.717, 1.165) is 38.8 Å². The summed E-state index contributed by atoms with van der Waals surface area (Å²) >= 11 is 0. The van der Waals surface area contributed by atoms with Crippen molar-refractivity contribution in [3.8, 4) is 0 Å². The lowest BCUT2D eigenvalue weighted by Crippen LogP contribution is -2.47. The number of sulfonamides is 1. The third kappa shape index (κ3) is 5.70. The molecule has 0 aromatic heterocycles. The van der Waals surface area contributed by atoms with Gasteiger partial charge in [0, 0.05) is 19.1 Å². The van der Waals surface area contributed by atoms with Crippen LogP contribution in [0, 0.1) is 5.41 Å². The van der Waals surface area contributed by atoms with Gasteiger partial charge in [0.05, 0.1) is 11.5 Å². The minimum atomic E-state index is -3.47. The van der Waals surface area contributed by atoms with Crippen molar-refractivity contribution in [1.82, 2.24) is 10.0 Å². The highest BCUT2D eigenvalue weighted by Gasteiger charge is 2.33. The number of piperidine rings is 1. The first kappa shape index (κ1) is 21.4. The molecule has 1 aromatic rings. The fourth-order valence-electron chi connectivity index (χ4n) is 3.09. The van der Waals surface area contributed by atoms with Gasteiger partial charge in [0.15, 0.2) is 0 Å². The van der Waals surface area contributed by atoms with Gasteiger partial charge in [0.1, 0.15) is 0 Å². The first-order chi connectivity index (χ1) is 11.0. The lowest BCUT2D eigenvalue weighted by atomic mass is 9.80. The van der Waals surface area contributed by atoms with Crippen LogP contribution in [0.25, 0.3) is 0 Å². The third-order valence-corrected chi connectivity index (χ3v) is 5.94. The van der Waals surface area contributed by atoms with Crippen LogP contribution in [0.2, 0.25) is 0 Å². The Hall–Kier alpha value is -0.660. The van der Waals surface area contributed by atoms with E-state index in [0.29, 0.717) is 18.0 Å². The first-order valence-electron chi connectivity index (χ1n) is 8.30. The van der Waals surface area contributed by atoms with E-state index in [2.05, 4.69) is 17.0 Å². The van der Waals surface area contributed by atoms with Gasteiger partial charge in [-0.2, -0.15) is 0 Å². The number of methoxy groups -OCH3 is 1. The topological polar surface area (TPSA) is 67.4 Å². The zero-order valence-corrected chi connectivity index (χ0v) is 16.1. The number of ether oxygens (including phenoxy) is 1. The van der Waals surface area contributed by atoms with E-state index in [4.69, 9.17) is 4.74 Å². The molecular formula is C17H29ClN2O3S. The van der Waals surface area contributed by atoms with Crippen LogP contribution in [0.1, 0.15) is 31.7 Å². The quantitative estimate of drug-likeness (QED) is 0.730. The Balaban J connectivity index is 0.00000288. The zero-order valence-electron chi connectivity index (χ0n) is 14.5. The minimum absolute atomic E-state index is 0. The maximum Gasteiger partial charge on any atom is 0.240 e. The number of rotatable bonds is 8. The van der Waals surface area contributed by atoms with E-state index in [-0.39, 0.29) is 17.8 Å². The van der Waals surface area contributed by atoms with E-state index in [1.165, 1.54) is 5.56 Å². The molecule has 1 saturated heterocycles. The molecule has 1 aliphatic rings. The smallest absolute Gasteiger partial charge is 0.240 e. The van der Waals surface area contributed by atoms with Gasteiger partial charge in [0.25, 0.3) is 0 Å². The van der Waals surface area contributed by atoms with Gasteiger partial charge < -0.3 is 10.1 Å². The molecule has 0 unspecified atom stereocenters. The number of aryl methyl sites for hydroxylation is 1. The number of benzene rings is 1. The molecule has 0 spiro atoms. The lowest BCUT2D eigenvalue weighted by Gasteiger charge is -2.37. The van der Waals surface area contributed by atoms with Crippen molar-refractivity contribution >= 4 is 22.4 Å². The van der Waals surface area contributed by atoms with Crippen molar-refractivity contribution in [2.24, 2.45) is 5.41 Å². The van der Waals surface area contributed by atoms with Crippen molar-refractivity contribution in [1.29, 1.82) is 0 Å². The van der Waals surface area contributed by atoms with Crippen LogP contribution < -0.4 is 10.0 Å². The Morgan fingerprint density at radius 2 is 1.83 bits per heavy atom. The van der Waals surface area contributed by atoms with Gasteiger partial charge in [0.2, 0.25) is 10.0 Å². The molecule has 0 bridgehead atoms. The molecule has 0 aliphatic carbocycles. The SMILES string of the molecule is CCCc1ccc(S(=O)(=O)NCC2(COC)CCNCC2)cc1.Cl. The van der Waals surface area contributed by atoms with Crippen LogP contribution >= 0.6 is 12.4 Å². The minimum Gasteiger partial charge on any atom is -0.384 e. The molecular weight excluding hydrogens is 348 g/mol. The number of halogens is 1. The number of hydrogen-bond donors (Lipinski definition) is 2. The highest BCUT2D eigenvalue weighted by atomic mass is 35.5. The second kappa shape index (κ2) is 9.73. The van der Waals surface area contributed by atoms with Gasteiger partial charge in [-0.15, -0.1) is 12.4 Å². The summed E-state index contributed by atoms with van der Waals surface area (Å²) in [5, 5.41) is 3.31. The Bertz CT molecular complexity index is 579. The molecule has 1 aromatic carbocycles. The number of nitrogens with one attached hydrogen (secondary N) is 2. The summed E-state index contributed by atoms with van der Waals surface area (Å²) in [6.07, 6.45) is 3.85. The van der Waals surface area contributed by atoms with Crippen LogP contribution in [-0.4, -0.2) is 41.8 Å². The van der Waals surface area contributed by atoms with E-state index in [1.807, 2.05) is 12.1 Å². The normalized spacial score (nSPS) is 17.2. The van der Waals surface area contributed by atoms with Crippen molar-refractivity contribution in [3.05, 3.63) is 29.8 Å².